The fraction of sp³-hybridized carbons (Fsp3) is 0.923. The third kappa shape index (κ3) is 3.68. The average Bonchev–Trinajstić information content (AvgIpc) is 2.75. The van der Waals surface area contributed by atoms with E-state index in [-0.39, 0.29) is 5.97 Å². The maximum atomic E-state index is 11.5. The van der Waals surface area contributed by atoms with E-state index >= 15 is 0 Å². The molecule has 3 unspecified atom stereocenters. The Labute approximate surface area is 103 Å². The van der Waals surface area contributed by atoms with E-state index in [2.05, 4.69) is 5.32 Å². The Morgan fingerprint density at radius 2 is 2.18 bits per heavy atom. The highest BCUT2D eigenvalue weighted by molar-refractivity contribution is 5.72. The van der Waals surface area contributed by atoms with Gasteiger partial charge in [-0.1, -0.05) is 0 Å². The molecule has 2 saturated heterocycles. The molecule has 98 valence electrons. The molecule has 2 fully saturated rings. The van der Waals surface area contributed by atoms with Gasteiger partial charge in [-0.15, -0.1) is 0 Å². The van der Waals surface area contributed by atoms with E-state index in [4.69, 9.17) is 9.47 Å². The van der Waals surface area contributed by atoms with Gasteiger partial charge in [-0.05, 0) is 40.0 Å². The first kappa shape index (κ1) is 12.8. The van der Waals surface area contributed by atoms with Gasteiger partial charge in [0, 0.05) is 12.5 Å². The summed E-state index contributed by atoms with van der Waals surface area (Å²) < 4.78 is 11.0. The van der Waals surface area contributed by atoms with Crippen LogP contribution in [-0.4, -0.2) is 36.9 Å². The smallest absolute Gasteiger partial charge is 0.320 e. The van der Waals surface area contributed by atoms with Crippen LogP contribution in [0.25, 0.3) is 0 Å². The Hall–Kier alpha value is -0.610. The third-order valence-corrected chi connectivity index (χ3v) is 3.33. The standard InChI is InChI=1S/C13H23NO3/c1-13(2,3)17-12(15)8-14-7-9-6-10-4-5-11(9)16-10/h9-11,14H,4-8H2,1-3H3. The molecule has 2 bridgehead atoms. The van der Waals surface area contributed by atoms with Gasteiger partial charge in [-0.3, -0.25) is 4.79 Å². The Balaban J connectivity index is 1.62. The number of esters is 1. The highest BCUT2D eigenvalue weighted by Gasteiger charge is 2.40. The van der Waals surface area contributed by atoms with Gasteiger partial charge < -0.3 is 14.8 Å². The maximum Gasteiger partial charge on any atom is 0.320 e. The maximum absolute atomic E-state index is 11.5. The van der Waals surface area contributed by atoms with Gasteiger partial charge >= 0.3 is 5.97 Å². The van der Waals surface area contributed by atoms with Crippen molar-refractivity contribution >= 4 is 5.97 Å². The largest absolute Gasteiger partial charge is 0.459 e. The predicted octanol–water partition coefficient (Wildman–Crippen LogP) is 1.49. The molecule has 0 amide bonds. The summed E-state index contributed by atoms with van der Waals surface area (Å²) >= 11 is 0. The molecule has 0 radical (unpaired) electrons. The van der Waals surface area contributed by atoms with Crippen LogP contribution in [0.5, 0.6) is 0 Å². The van der Waals surface area contributed by atoms with E-state index in [0.717, 1.165) is 13.0 Å². The van der Waals surface area contributed by atoms with Crippen molar-refractivity contribution in [3.63, 3.8) is 0 Å². The lowest BCUT2D eigenvalue weighted by atomic mass is 9.89. The summed E-state index contributed by atoms with van der Waals surface area (Å²) in [6, 6.07) is 0. The molecule has 2 heterocycles. The molecule has 1 N–H and O–H groups in total. The Morgan fingerprint density at radius 1 is 1.41 bits per heavy atom. The van der Waals surface area contributed by atoms with Crippen LogP contribution in [0, 0.1) is 5.92 Å². The normalized spacial score (nSPS) is 31.8. The molecule has 0 aromatic heterocycles. The van der Waals surface area contributed by atoms with Gasteiger partial charge in [0.15, 0.2) is 0 Å². The molecular formula is C13H23NO3. The Bertz CT molecular complexity index is 285. The van der Waals surface area contributed by atoms with E-state index in [9.17, 15) is 4.79 Å². The lowest BCUT2D eigenvalue weighted by Crippen LogP contribution is -2.35. The van der Waals surface area contributed by atoms with E-state index in [1.54, 1.807) is 0 Å². The van der Waals surface area contributed by atoms with Gasteiger partial charge in [-0.25, -0.2) is 0 Å². The highest BCUT2D eigenvalue weighted by atomic mass is 16.6. The van der Waals surface area contributed by atoms with E-state index < -0.39 is 5.60 Å². The van der Waals surface area contributed by atoms with Gasteiger partial charge in [-0.2, -0.15) is 0 Å². The molecule has 0 spiro atoms. The number of hydrogen-bond donors (Lipinski definition) is 1. The second-order valence-corrected chi connectivity index (χ2v) is 6.09. The van der Waals surface area contributed by atoms with Crippen molar-refractivity contribution in [2.75, 3.05) is 13.1 Å². The first-order valence-corrected chi connectivity index (χ1v) is 6.52. The van der Waals surface area contributed by atoms with Crippen LogP contribution in [0.2, 0.25) is 0 Å². The van der Waals surface area contributed by atoms with Crippen molar-refractivity contribution in [2.24, 2.45) is 5.92 Å². The lowest BCUT2D eigenvalue weighted by molar-refractivity contribution is -0.153. The number of rotatable bonds is 4. The van der Waals surface area contributed by atoms with E-state index in [1.165, 1.54) is 12.8 Å². The van der Waals surface area contributed by atoms with Gasteiger partial charge in [0.1, 0.15) is 5.60 Å². The number of fused-ring (bicyclic) bond motifs is 2. The molecule has 17 heavy (non-hydrogen) atoms. The summed E-state index contributed by atoms with van der Waals surface area (Å²) in [5, 5.41) is 3.18. The first-order chi connectivity index (χ1) is 7.94. The molecule has 2 rings (SSSR count). The number of carbonyl (C=O) groups is 1. The first-order valence-electron chi connectivity index (χ1n) is 6.52. The number of nitrogens with one attached hydrogen (secondary N) is 1. The van der Waals surface area contributed by atoms with Crippen LogP contribution in [0.4, 0.5) is 0 Å². The van der Waals surface area contributed by atoms with Crippen molar-refractivity contribution in [1.82, 2.24) is 5.32 Å². The summed E-state index contributed by atoms with van der Waals surface area (Å²) in [7, 11) is 0. The van der Waals surface area contributed by atoms with E-state index in [0.29, 0.717) is 24.7 Å². The molecule has 3 atom stereocenters. The molecule has 4 nitrogen and oxygen atoms in total. The van der Waals surface area contributed by atoms with Crippen molar-refractivity contribution in [3.05, 3.63) is 0 Å². The quantitative estimate of drug-likeness (QED) is 0.757. The zero-order chi connectivity index (χ0) is 12.5. The third-order valence-electron chi connectivity index (χ3n) is 3.33. The molecule has 0 aromatic carbocycles. The number of ether oxygens (including phenoxy) is 2. The molecule has 0 aromatic rings. The molecule has 0 aliphatic carbocycles. The minimum Gasteiger partial charge on any atom is -0.459 e. The zero-order valence-electron chi connectivity index (χ0n) is 11.0. The lowest BCUT2D eigenvalue weighted by Gasteiger charge is -2.21. The van der Waals surface area contributed by atoms with Gasteiger partial charge in [0.25, 0.3) is 0 Å². The van der Waals surface area contributed by atoms with Crippen LogP contribution in [0.1, 0.15) is 40.0 Å². The van der Waals surface area contributed by atoms with Crippen molar-refractivity contribution in [1.29, 1.82) is 0 Å². The second-order valence-electron chi connectivity index (χ2n) is 6.09. The summed E-state index contributed by atoms with van der Waals surface area (Å²) in [4.78, 5) is 11.5. The van der Waals surface area contributed by atoms with Crippen LogP contribution < -0.4 is 5.32 Å². The molecular weight excluding hydrogens is 218 g/mol. The average molecular weight is 241 g/mol. The molecule has 0 saturated carbocycles. The second kappa shape index (κ2) is 4.94. The Kier molecular flexibility index (Phi) is 3.73. The molecule has 4 heteroatoms. The van der Waals surface area contributed by atoms with Crippen LogP contribution in [-0.2, 0) is 14.3 Å². The van der Waals surface area contributed by atoms with Crippen LogP contribution in [0.15, 0.2) is 0 Å². The summed E-state index contributed by atoms with van der Waals surface area (Å²) in [6.45, 7) is 6.81. The topological polar surface area (TPSA) is 47.6 Å². The fourth-order valence-electron chi connectivity index (χ4n) is 2.70. The van der Waals surface area contributed by atoms with E-state index in [1.807, 2.05) is 20.8 Å². The minimum atomic E-state index is -0.395. The van der Waals surface area contributed by atoms with Gasteiger partial charge in [0.05, 0.1) is 18.8 Å². The van der Waals surface area contributed by atoms with Crippen LogP contribution >= 0.6 is 0 Å². The molecule has 2 aliphatic heterocycles. The molecule has 2 aliphatic rings. The monoisotopic (exact) mass is 241 g/mol. The van der Waals surface area contributed by atoms with Crippen molar-refractivity contribution < 1.29 is 14.3 Å². The Morgan fingerprint density at radius 3 is 2.71 bits per heavy atom. The fourth-order valence-corrected chi connectivity index (χ4v) is 2.70. The van der Waals surface area contributed by atoms with Crippen molar-refractivity contribution in [2.45, 2.75) is 57.8 Å². The summed E-state index contributed by atoms with van der Waals surface area (Å²) in [5.74, 6) is 0.401. The zero-order valence-corrected chi connectivity index (χ0v) is 11.0. The van der Waals surface area contributed by atoms with Crippen molar-refractivity contribution in [3.8, 4) is 0 Å². The summed E-state index contributed by atoms with van der Waals surface area (Å²) in [6.07, 6.45) is 4.45. The SMILES string of the molecule is CC(C)(C)OC(=O)CNCC1CC2CCC1O2. The summed E-state index contributed by atoms with van der Waals surface area (Å²) in [5.41, 5.74) is -0.395. The van der Waals surface area contributed by atoms with Gasteiger partial charge in [0.2, 0.25) is 0 Å². The highest BCUT2D eigenvalue weighted by Crippen LogP contribution is 2.38. The van der Waals surface area contributed by atoms with Crippen LogP contribution in [0.3, 0.4) is 0 Å². The minimum absolute atomic E-state index is 0.179. The number of carbonyl (C=O) groups excluding carboxylic acids is 1. The number of hydrogen-bond acceptors (Lipinski definition) is 4. The predicted molar refractivity (Wildman–Crippen MR) is 64.7 cm³/mol.